The molecule has 2 heterocycles. The molecule has 37 heavy (non-hydrogen) atoms. The van der Waals surface area contributed by atoms with Crippen molar-refractivity contribution in [3.63, 3.8) is 0 Å². The number of rotatable bonds is 7. The number of carbonyl (C=O) groups excluding carboxylic acids is 1. The van der Waals surface area contributed by atoms with Gasteiger partial charge >= 0.3 is 0 Å². The van der Waals surface area contributed by atoms with E-state index in [0.29, 0.717) is 11.3 Å². The molecule has 194 valence electrons. The fraction of sp³-hybridized carbons (Fsp3) is 0.304. The van der Waals surface area contributed by atoms with Crippen LogP contribution in [-0.4, -0.2) is 69.2 Å². The van der Waals surface area contributed by atoms with Crippen molar-refractivity contribution in [2.75, 3.05) is 38.2 Å². The summed E-state index contributed by atoms with van der Waals surface area (Å²) in [5.74, 6) is -1.67. The number of methoxy groups -OCH3 is 1. The second kappa shape index (κ2) is 11.2. The van der Waals surface area contributed by atoms with Gasteiger partial charge < -0.3 is 19.9 Å². The first-order valence-corrected chi connectivity index (χ1v) is 11.6. The summed E-state index contributed by atoms with van der Waals surface area (Å²) in [5.41, 5.74) is 1.10. The van der Waals surface area contributed by atoms with Crippen LogP contribution in [0.2, 0.25) is 0 Å². The van der Waals surface area contributed by atoms with Crippen LogP contribution in [0.25, 0.3) is 5.69 Å². The highest BCUT2D eigenvalue weighted by Gasteiger charge is 2.26. The number of non-ortho nitro benzene ring substituents is 1. The van der Waals surface area contributed by atoms with E-state index in [0.717, 1.165) is 0 Å². The van der Waals surface area contributed by atoms with Gasteiger partial charge in [-0.3, -0.25) is 14.9 Å². The Morgan fingerprint density at radius 3 is 2.41 bits per heavy atom. The second-order valence-electron chi connectivity index (χ2n) is 8.23. The summed E-state index contributed by atoms with van der Waals surface area (Å²) in [6.07, 6.45) is 1.61. The van der Waals surface area contributed by atoms with E-state index in [9.17, 15) is 14.9 Å². The number of hydrogen-bond donors (Lipinski definition) is 1. The summed E-state index contributed by atoms with van der Waals surface area (Å²) >= 11 is 4.89. The number of thiocarbonyl (C=S) groups is 1. The molecule has 1 N–H and O–H groups in total. The molecule has 0 aliphatic carbocycles. The number of nitro benzene ring substituents is 1. The van der Waals surface area contributed by atoms with E-state index in [-0.39, 0.29) is 67.3 Å². The molecular weight excluding hydrogens is 508 g/mol. The van der Waals surface area contributed by atoms with Crippen molar-refractivity contribution in [2.24, 2.45) is 0 Å². The smallest absolute Gasteiger partial charge is 0.269 e. The zero-order chi connectivity index (χ0) is 26.5. The lowest BCUT2D eigenvalue weighted by Gasteiger charge is -2.36. The van der Waals surface area contributed by atoms with Crippen LogP contribution in [0.4, 0.5) is 20.2 Å². The van der Waals surface area contributed by atoms with Crippen LogP contribution < -0.4 is 10.2 Å². The van der Waals surface area contributed by atoms with Gasteiger partial charge in [0.05, 0.1) is 36.9 Å². The Kier molecular flexibility index (Phi) is 7.86. The Labute approximate surface area is 215 Å². The van der Waals surface area contributed by atoms with Gasteiger partial charge in [-0.2, -0.15) is 0 Å². The number of carbonyl (C=O) groups is 1. The number of nitrogens with zero attached hydrogens (tertiary/aromatic N) is 6. The summed E-state index contributed by atoms with van der Waals surface area (Å²) in [6, 6.07) is 8.14. The number of piperazine rings is 1. The third-order valence-corrected chi connectivity index (χ3v) is 6.17. The molecule has 0 bridgehead atoms. The molecule has 1 aromatic heterocycles. The Morgan fingerprint density at radius 2 is 1.81 bits per heavy atom. The number of hydrogen-bond acceptors (Lipinski definition) is 8. The number of aromatic nitrogens is 3. The molecular formula is C23H23F2N7O4S. The van der Waals surface area contributed by atoms with Gasteiger partial charge in [0.1, 0.15) is 11.4 Å². The van der Waals surface area contributed by atoms with Crippen molar-refractivity contribution in [1.82, 2.24) is 25.2 Å². The molecule has 1 amide bonds. The fourth-order valence-electron chi connectivity index (χ4n) is 3.93. The summed E-state index contributed by atoms with van der Waals surface area (Å²) in [4.78, 5) is 26.1. The van der Waals surface area contributed by atoms with Crippen molar-refractivity contribution in [3.8, 4) is 5.69 Å². The Hall–Kier alpha value is -4.20. The van der Waals surface area contributed by atoms with Crippen LogP contribution in [0.3, 0.4) is 0 Å². The van der Waals surface area contributed by atoms with Gasteiger partial charge in [-0.15, -0.1) is 5.10 Å². The van der Waals surface area contributed by atoms with E-state index >= 15 is 8.78 Å². The van der Waals surface area contributed by atoms with Crippen LogP contribution in [0.5, 0.6) is 0 Å². The van der Waals surface area contributed by atoms with Gasteiger partial charge in [0.2, 0.25) is 5.91 Å². The zero-order valence-electron chi connectivity index (χ0n) is 19.8. The van der Waals surface area contributed by atoms with E-state index < -0.39 is 16.6 Å². The molecule has 0 atom stereocenters. The van der Waals surface area contributed by atoms with Crippen LogP contribution in [-0.2, 0) is 22.5 Å². The first-order valence-electron chi connectivity index (χ1n) is 11.2. The lowest BCUT2D eigenvalue weighted by Crippen LogP contribution is -2.49. The highest BCUT2D eigenvalue weighted by molar-refractivity contribution is 7.80. The largest absolute Gasteiger partial charge is 0.474 e. The predicted octanol–water partition coefficient (Wildman–Crippen LogP) is 2.37. The minimum atomic E-state index is -0.753. The molecule has 1 aliphatic heterocycles. The monoisotopic (exact) mass is 531 g/mol. The highest BCUT2D eigenvalue weighted by Crippen LogP contribution is 2.27. The Balaban J connectivity index is 1.37. The van der Waals surface area contributed by atoms with Crippen molar-refractivity contribution in [1.29, 1.82) is 0 Å². The average molecular weight is 532 g/mol. The van der Waals surface area contributed by atoms with Crippen molar-refractivity contribution >= 4 is 34.7 Å². The molecule has 0 spiro atoms. The van der Waals surface area contributed by atoms with Gasteiger partial charge in [0.25, 0.3) is 10.9 Å². The number of halogens is 2. The molecule has 0 saturated carbocycles. The topological polar surface area (TPSA) is 119 Å². The SMILES string of the molecule is COC(=S)NCc1cn(-c2cc(F)c(N3CCN(C(=O)Cc4ccc([N+](=O)[O-])cc4)CC3)c(F)c2)nn1. The maximum atomic E-state index is 15.0. The molecule has 1 saturated heterocycles. The summed E-state index contributed by atoms with van der Waals surface area (Å²) in [6.45, 7) is 1.31. The molecule has 0 unspecified atom stereocenters. The third kappa shape index (κ3) is 6.14. The van der Waals surface area contributed by atoms with Crippen LogP contribution in [0.15, 0.2) is 42.6 Å². The van der Waals surface area contributed by atoms with Crippen LogP contribution in [0, 0.1) is 21.7 Å². The summed E-state index contributed by atoms with van der Waals surface area (Å²) < 4.78 is 36.1. The first kappa shape index (κ1) is 25.9. The summed E-state index contributed by atoms with van der Waals surface area (Å²) in [7, 11) is 1.43. The minimum Gasteiger partial charge on any atom is -0.474 e. The highest BCUT2D eigenvalue weighted by atomic mass is 32.1. The Bertz CT molecular complexity index is 1290. The van der Waals surface area contributed by atoms with Crippen molar-refractivity contribution < 1.29 is 23.2 Å². The van der Waals surface area contributed by atoms with Crippen LogP contribution in [0.1, 0.15) is 11.3 Å². The molecule has 0 radical (unpaired) electrons. The molecule has 2 aromatic carbocycles. The molecule has 1 aliphatic rings. The lowest BCUT2D eigenvalue weighted by molar-refractivity contribution is -0.384. The maximum Gasteiger partial charge on any atom is 0.269 e. The van der Waals surface area contributed by atoms with E-state index in [1.54, 1.807) is 21.9 Å². The molecule has 3 aromatic rings. The maximum absolute atomic E-state index is 15.0. The van der Waals surface area contributed by atoms with Crippen LogP contribution >= 0.6 is 12.2 Å². The number of anilines is 1. The summed E-state index contributed by atoms with van der Waals surface area (Å²) in [5, 5.41) is 21.6. The third-order valence-electron chi connectivity index (χ3n) is 5.86. The number of nitrogens with one attached hydrogen (secondary N) is 1. The molecule has 4 rings (SSSR count). The zero-order valence-corrected chi connectivity index (χ0v) is 20.6. The lowest BCUT2D eigenvalue weighted by atomic mass is 10.1. The first-order chi connectivity index (χ1) is 17.7. The number of benzene rings is 2. The van der Waals surface area contributed by atoms with E-state index in [1.807, 2.05) is 0 Å². The Morgan fingerprint density at radius 1 is 1.16 bits per heavy atom. The second-order valence-corrected chi connectivity index (χ2v) is 8.60. The number of nitro groups is 1. The van der Waals surface area contributed by atoms with Gasteiger partial charge in [-0.1, -0.05) is 17.3 Å². The minimum absolute atomic E-state index is 0.0483. The molecule has 1 fully saturated rings. The molecule has 11 nitrogen and oxygen atoms in total. The number of ether oxygens (including phenoxy) is 1. The normalized spacial score (nSPS) is 13.4. The quantitative estimate of drug-likeness (QED) is 0.278. The van der Waals surface area contributed by atoms with E-state index in [1.165, 1.54) is 42.3 Å². The van der Waals surface area contributed by atoms with Gasteiger partial charge in [-0.25, -0.2) is 13.5 Å². The van der Waals surface area contributed by atoms with Gasteiger partial charge in [-0.05, 0) is 17.8 Å². The van der Waals surface area contributed by atoms with Gasteiger partial charge in [0, 0.05) is 50.4 Å². The van der Waals surface area contributed by atoms with Crippen molar-refractivity contribution in [3.05, 3.63) is 75.6 Å². The predicted molar refractivity (Wildman–Crippen MR) is 133 cm³/mol. The van der Waals surface area contributed by atoms with Gasteiger partial charge in [0.15, 0.2) is 11.6 Å². The van der Waals surface area contributed by atoms with Crippen molar-refractivity contribution in [2.45, 2.75) is 13.0 Å². The van der Waals surface area contributed by atoms with E-state index in [4.69, 9.17) is 17.0 Å². The average Bonchev–Trinajstić information content (AvgIpc) is 3.36. The van der Waals surface area contributed by atoms with E-state index in [2.05, 4.69) is 15.6 Å². The fourth-order valence-corrected chi connectivity index (χ4v) is 4.00. The standard InChI is InChI=1S/C23H23F2N7O4S/c1-36-23(37)26-13-16-14-31(28-27-16)18-11-19(24)22(20(25)12-18)30-8-6-29(7-9-30)21(33)10-15-2-4-17(5-3-15)32(34)35/h2-5,11-12,14H,6-10,13H2,1H3,(H,26,37). The molecule has 14 heteroatoms. The number of amides is 1.